The van der Waals surface area contributed by atoms with Gasteiger partial charge in [-0.25, -0.2) is 8.42 Å². The lowest BCUT2D eigenvalue weighted by Gasteiger charge is -2.31. The predicted octanol–water partition coefficient (Wildman–Crippen LogP) is 1.51. The van der Waals surface area contributed by atoms with Crippen molar-refractivity contribution in [1.29, 1.82) is 0 Å². The molecule has 0 unspecified atom stereocenters. The summed E-state index contributed by atoms with van der Waals surface area (Å²) in [6.07, 6.45) is 1.69. The molecule has 1 fully saturated rings. The number of amides is 1. The Morgan fingerprint density at radius 1 is 1.23 bits per heavy atom. The van der Waals surface area contributed by atoms with E-state index in [4.69, 9.17) is 0 Å². The SMILES string of the molecule is CNC1CCN(C(=O)c2ccc(S(=O)(=O)C(F)F)cc2)CC1. The smallest absolute Gasteiger partial charge is 0.339 e. The topological polar surface area (TPSA) is 66.5 Å². The van der Waals surface area contributed by atoms with Gasteiger partial charge in [-0.15, -0.1) is 0 Å². The van der Waals surface area contributed by atoms with E-state index in [1.165, 1.54) is 12.1 Å². The number of carbonyl (C=O) groups is 1. The van der Waals surface area contributed by atoms with Crippen LogP contribution >= 0.6 is 0 Å². The molecule has 0 atom stereocenters. The molecular weight excluding hydrogens is 314 g/mol. The van der Waals surface area contributed by atoms with E-state index in [2.05, 4.69) is 5.32 Å². The van der Waals surface area contributed by atoms with Crippen LogP contribution in [-0.2, 0) is 9.84 Å². The van der Waals surface area contributed by atoms with Crippen molar-refractivity contribution in [3.8, 4) is 0 Å². The number of hydrogen-bond donors (Lipinski definition) is 1. The number of nitrogens with one attached hydrogen (secondary N) is 1. The molecule has 1 N–H and O–H groups in total. The maximum atomic E-state index is 12.4. The second-order valence-corrected chi connectivity index (χ2v) is 7.10. The molecule has 0 aliphatic carbocycles. The van der Waals surface area contributed by atoms with Crippen LogP contribution in [0.2, 0.25) is 0 Å². The molecular formula is C14H18F2N2O3S. The van der Waals surface area contributed by atoms with E-state index in [9.17, 15) is 22.0 Å². The number of halogens is 2. The summed E-state index contributed by atoms with van der Waals surface area (Å²) in [6, 6.07) is 5.05. The van der Waals surface area contributed by atoms with Gasteiger partial charge in [0, 0.05) is 24.7 Å². The van der Waals surface area contributed by atoms with E-state index in [-0.39, 0.29) is 5.91 Å². The summed E-state index contributed by atoms with van der Waals surface area (Å²) in [5.41, 5.74) is 0.302. The Balaban J connectivity index is 2.09. The minimum atomic E-state index is -4.62. The molecule has 1 amide bonds. The lowest BCUT2D eigenvalue weighted by atomic mass is 10.0. The molecule has 22 heavy (non-hydrogen) atoms. The van der Waals surface area contributed by atoms with Crippen LogP contribution in [-0.4, -0.2) is 51.2 Å². The van der Waals surface area contributed by atoms with E-state index in [1.54, 1.807) is 4.90 Å². The Morgan fingerprint density at radius 3 is 2.23 bits per heavy atom. The number of alkyl halides is 2. The Kier molecular flexibility index (Phi) is 5.12. The van der Waals surface area contributed by atoms with Gasteiger partial charge in [0.2, 0.25) is 9.84 Å². The third-order valence-corrected chi connectivity index (χ3v) is 5.25. The second-order valence-electron chi connectivity index (χ2n) is 5.19. The van der Waals surface area contributed by atoms with Crippen LogP contribution in [0.25, 0.3) is 0 Å². The number of benzene rings is 1. The highest BCUT2D eigenvalue weighted by atomic mass is 32.2. The minimum absolute atomic E-state index is 0.212. The molecule has 0 radical (unpaired) electrons. The molecule has 2 rings (SSSR count). The lowest BCUT2D eigenvalue weighted by molar-refractivity contribution is 0.0707. The maximum Gasteiger partial charge on any atom is 0.341 e. The Labute approximate surface area is 128 Å². The fourth-order valence-corrected chi connectivity index (χ4v) is 3.17. The minimum Gasteiger partial charge on any atom is -0.339 e. The molecule has 1 aliphatic heterocycles. The monoisotopic (exact) mass is 332 g/mol. The van der Waals surface area contributed by atoms with E-state index >= 15 is 0 Å². The molecule has 1 aromatic rings. The maximum absolute atomic E-state index is 12.4. The molecule has 1 aliphatic rings. The van der Waals surface area contributed by atoms with Crippen molar-refractivity contribution in [3.63, 3.8) is 0 Å². The molecule has 0 aromatic heterocycles. The van der Waals surface area contributed by atoms with Crippen molar-refractivity contribution in [1.82, 2.24) is 10.2 Å². The van der Waals surface area contributed by atoms with Crippen LogP contribution in [0.4, 0.5) is 8.78 Å². The highest BCUT2D eigenvalue weighted by Gasteiger charge is 2.27. The zero-order valence-electron chi connectivity index (χ0n) is 12.1. The average Bonchev–Trinajstić information content (AvgIpc) is 2.54. The number of hydrogen-bond acceptors (Lipinski definition) is 4. The van der Waals surface area contributed by atoms with Gasteiger partial charge in [-0.2, -0.15) is 8.78 Å². The van der Waals surface area contributed by atoms with Crippen molar-refractivity contribution in [2.45, 2.75) is 29.5 Å². The Morgan fingerprint density at radius 2 is 1.77 bits per heavy atom. The van der Waals surface area contributed by atoms with Gasteiger partial charge in [-0.1, -0.05) is 0 Å². The quantitative estimate of drug-likeness (QED) is 0.908. The van der Waals surface area contributed by atoms with Crippen LogP contribution < -0.4 is 5.32 Å². The standard InChI is InChI=1S/C14H18F2N2O3S/c1-17-11-6-8-18(9-7-11)13(19)10-2-4-12(5-3-10)22(20,21)14(15)16/h2-5,11,14,17H,6-9H2,1H3. The van der Waals surface area contributed by atoms with E-state index in [0.717, 1.165) is 25.0 Å². The van der Waals surface area contributed by atoms with Crippen molar-refractivity contribution in [3.05, 3.63) is 29.8 Å². The van der Waals surface area contributed by atoms with Crippen LogP contribution in [0.3, 0.4) is 0 Å². The summed E-state index contributed by atoms with van der Waals surface area (Å²) in [5.74, 6) is -3.68. The van der Waals surface area contributed by atoms with Gasteiger partial charge in [-0.05, 0) is 44.2 Å². The summed E-state index contributed by atoms with van der Waals surface area (Å²) in [7, 11) is -2.74. The number of sulfone groups is 1. The summed E-state index contributed by atoms with van der Waals surface area (Å²) < 4.78 is 47.6. The highest BCUT2D eigenvalue weighted by Crippen LogP contribution is 2.20. The normalized spacial score (nSPS) is 17.0. The van der Waals surface area contributed by atoms with Crippen LogP contribution in [0.1, 0.15) is 23.2 Å². The zero-order chi connectivity index (χ0) is 16.3. The predicted molar refractivity (Wildman–Crippen MR) is 77.6 cm³/mol. The molecule has 1 aromatic carbocycles. The molecule has 0 saturated carbocycles. The first-order valence-electron chi connectivity index (χ1n) is 6.95. The second kappa shape index (κ2) is 6.70. The first-order chi connectivity index (χ1) is 10.4. The van der Waals surface area contributed by atoms with Crippen LogP contribution in [0.15, 0.2) is 29.2 Å². The molecule has 5 nitrogen and oxygen atoms in total. The van der Waals surface area contributed by atoms with E-state index in [0.29, 0.717) is 24.7 Å². The lowest BCUT2D eigenvalue weighted by Crippen LogP contribution is -2.43. The number of likely N-dealkylation sites (tertiary alicyclic amines) is 1. The van der Waals surface area contributed by atoms with Crippen LogP contribution in [0.5, 0.6) is 0 Å². The number of nitrogens with zero attached hydrogens (tertiary/aromatic N) is 1. The van der Waals surface area contributed by atoms with Crippen molar-refractivity contribution in [2.24, 2.45) is 0 Å². The molecule has 1 heterocycles. The van der Waals surface area contributed by atoms with Crippen LogP contribution in [0, 0.1) is 0 Å². The number of carbonyl (C=O) groups excluding carboxylic acids is 1. The van der Waals surface area contributed by atoms with Gasteiger partial charge < -0.3 is 10.2 Å². The summed E-state index contributed by atoms with van der Waals surface area (Å²) >= 11 is 0. The highest BCUT2D eigenvalue weighted by molar-refractivity contribution is 7.91. The molecule has 8 heteroatoms. The van der Waals surface area contributed by atoms with Gasteiger partial charge in [0.1, 0.15) is 0 Å². The van der Waals surface area contributed by atoms with Crippen molar-refractivity contribution in [2.75, 3.05) is 20.1 Å². The molecule has 0 spiro atoms. The summed E-state index contributed by atoms with van der Waals surface area (Å²) in [5, 5.41) is 3.16. The van der Waals surface area contributed by atoms with E-state index < -0.39 is 20.5 Å². The fourth-order valence-electron chi connectivity index (χ4n) is 2.44. The zero-order valence-corrected chi connectivity index (χ0v) is 12.9. The summed E-state index contributed by atoms with van der Waals surface area (Å²) in [4.78, 5) is 13.5. The molecule has 122 valence electrons. The number of piperidine rings is 1. The molecule has 0 bridgehead atoms. The van der Waals surface area contributed by atoms with Gasteiger partial charge >= 0.3 is 5.76 Å². The first-order valence-corrected chi connectivity index (χ1v) is 8.49. The van der Waals surface area contributed by atoms with Crippen molar-refractivity contribution < 1.29 is 22.0 Å². The van der Waals surface area contributed by atoms with Gasteiger partial charge in [0.15, 0.2) is 0 Å². The van der Waals surface area contributed by atoms with Gasteiger partial charge in [0.05, 0.1) is 4.90 Å². The largest absolute Gasteiger partial charge is 0.341 e. The first kappa shape index (κ1) is 16.8. The average molecular weight is 332 g/mol. The third-order valence-electron chi connectivity index (χ3n) is 3.85. The fraction of sp³-hybridized carbons (Fsp3) is 0.500. The van der Waals surface area contributed by atoms with Crippen molar-refractivity contribution >= 4 is 15.7 Å². The van der Waals surface area contributed by atoms with E-state index in [1.807, 2.05) is 7.05 Å². The third kappa shape index (κ3) is 3.44. The molecule has 1 saturated heterocycles. The number of rotatable bonds is 4. The Bertz CT molecular complexity index is 624. The Hall–Kier alpha value is -1.54. The summed E-state index contributed by atoms with van der Waals surface area (Å²) in [6.45, 7) is 1.23. The van der Waals surface area contributed by atoms with Gasteiger partial charge in [0.25, 0.3) is 5.91 Å². The van der Waals surface area contributed by atoms with Gasteiger partial charge in [-0.3, -0.25) is 4.79 Å².